The molecule has 0 bridgehead atoms. The molecule has 1 N–H and O–H groups in total. The molecule has 32 heavy (non-hydrogen) atoms. The number of thiazole rings is 1. The Morgan fingerprint density at radius 2 is 1.81 bits per heavy atom. The van der Waals surface area contributed by atoms with E-state index in [-0.39, 0.29) is 0 Å². The van der Waals surface area contributed by atoms with Crippen LogP contribution >= 0.6 is 22.9 Å². The molecular weight excluding hydrogens is 450 g/mol. The van der Waals surface area contributed by atoms with Crippen molar-refractivity contribution in [2.75, 3.05) is 5.43 Å². The summed E-state index contributed by atoms with van der Waals surface area (Å²) in [5.74, 6) is 0.0293. The predicted octanol–water partition coefficient (Wildman–Crippen LogP) is 5.96. The number of para-hydroxylation sites is 1. The fourth-order valence-electron chi connectivity index (χ4n) is 3.34. The summed E-state index contributed by atoms with van der Waals surface area (Å²) in [4.78, 5) is 29.8. The molecule has 7 nitrogen and oxygen atoms in total. The number of halogens is 1. The predicted molar refractivity (Wildman–Crippen MR) is 122 cm³/mol. The normalized spacial score (nSPS) is 18.1. The van der Waals surface area contributed by atoms with Crippen molar-refractivity contribution in [1.29, 1.82) is 0 Å². The van der Waals surface area contributed by atoms with Crippen LogP contribution in [0.2, 0.25) is 5.02 Å². The second-order valence-electron chi connectivity index (χ2n) is 7.24. The van der Waals surface area contributed by atoms with Crippen molar-refractivity contribution in [3.63, 3.8) is 0 Å². The number of imide groups is 1. The van der Waals surface area contributed by atoms with Gasteiger partial charge in [-0.3, -0.25) is 10.2 Å². The lowest BCUT2D eigenvalue weighted by Gasteiger charge is -2.20. The molecule has 1 atom stereocenters. The van der Waals surface area contributed by atoms with Gasteiger partial charge in [0.25, 0.3) is 11.1 Å². The second kappa shape index (κ2) is 7.81. The summed E-state index contributed by atoms with van der Waals surface area (Å²) < 4.78 is 12.2. The standard InChI is InChI=1S/C23H16ClN3O4S/c1-23(20(28)27(22(29)31-23)26-16-5-3-2-4-6-16)14-7-10-17(11-8-14)30-21-25-18-12-9-15(24)13-19(18)32-21/h2-13,26H,1H3. The van der Waals surface area contributed by atoms with Crippen molar-refractivity contribution in [3.05, 3.63) is 83.4 Å². The Bertz CT molecular complexity index is 1330. The zero-order valence-electron chi connectivity index (χ0n) is 16.7. The Hall–Kier alpha value is -3.62. The quantitative estimate of drug-likeness (QED) is 0.391. The highest BCUT2D eigenvalue weighted by molar-refractivity contribution is 7.20. The minimum Gasteiger partial charge on any atom is -0.431 e. The first-order chi connectivity index (χ1) is 15.4. The number of nitrogens with zero attached hydrogens (tertiary/aromatic N) is 2. The summed E-state index contributed by atoms with van der Waals surface area (Å²) in [5.41, 5.74) is 3.26. The van der Waals surface area contributed by atoms with E-state index in [1.807, 2.05) is 18.2 Å². The van der Waals surface area contributed by atoms with E-state index in [9.17, 15) is 9.59 Å². The van der Waals surface area contributed by atoms with Gasteiger partial charge in [0.1, 0.15) is 5.75 Å². The number of amides is 2. The first-order valence-electron chi connectivity index (χ1n) is 9.66. The molecule has 0 aliphatic carbocycles. The Morgan fingerprint density at radius 3 is 2.56 bits per heavy atom. The van der Waals surface area contributed by atoms with E-state index in [4.69, 9.17) is 21.1 Å². The van der Waals surface area contributed by atoms with Gasteiger partial charge < -0.3 is 9.47 Å². The smallest absolute Gasteiger partial charge is 0.431 e. The number of carbonyl (C=O) groups excluding carboxylic acids is 2. The number of cyclic esters (lactones) is 1. The van der Waals surface area contributed by atoms with Crippen LogP contribution in [0.4, 0.5) is 10.5 Å². The largest absolute Gasteiger partial charge is 0.437 e. The van der Waals surface area contributed by atoms with Gasteiger partial charge in [-0.05, 0) is 49.4 Å². The number of ether oxygens (including phenoxy) is 2. The molecule has 5 rings (SSSR count). The van der Waals surface area contributed by atoms with E-state index in [1.165, 1.54) is 11.3 Å². The summed E-state index contributed by atoms with van der Waals surface area (Å²) in [6.07, 6.45) is -0.769. The maximum atomic E-state index is 13.0. The lowest BCUT2D eigenvalue weighted by atomic mass is 9.95. The topological polar surface area (TPSA) is 80.8 Å². The lowest BCUT2D eigenvalue weighted by Crippen LogP contribution is -2.39. The Kier molecular flexibility index (Phi) is 4.96. The van der Waals surface area contributed by atoms with Crippen LogP contribution in [0.5, 0.6) is 10.9 Å². The van der Waals surface area contributed by atoms with Gasteiger partial charge in [-0.25, -0.2) is 9.78 Å². The molecule has 0 spiro atoms. The molecule has 0 saturated carbocycles. The highest BCUT2D eigenvalue weighted by Gasteiger charge is 2.52. The third-order valence-corrected chi connectivity index (χ3v) is 6.17. The molecule has 1 unspecified atom stereocenters. The maximum Gasteiger partial charge on any atom is 0.437 e. The third kappa shape index (κ3) is 3.63. The highest BCUT2D eigenvalue weighted by Crippen LogP contribution is 2.37. The molecule has 2 heterocycles. The highest BCUT2D eigenvalue weighted by atomic mass is 35.5. The molecule has 9 heteroatoms. The molecule has 2 amide bonds. The number of carbonyl (C=O) groups is 2. The van der Waals surface area contributed by atoms with Crippen molar-refractivity contribution >= 4 is 50.8 Å². The van der Waals surface area contributed by atoms with Crippen LogP contribution in [0.1, 0.15) is 12.5 Å². The average Bonchev–Trinajstić information content (AvgIpc) is 3.28. The SMILES string of the molecule is CC1(c2ccc(Oc3nc4ccc(Cl)cc4s3)cc2)OC(=O)N(Nc2ccccc2)C1=O. The van der Waals surface area contributed by atoms with E-state index >= 15 is 0 Å². The van der Waals surface area contributed by atoms with Gasteiger partial charge >= 0.3 is 6.09 Å². The summed E-state index contributed by atoms with van der Waals surface area (Å²) >= 11 is 7.41. The molecule has 1 aromatic heterocycles. The Morgan fingerprint density at radius 1 is 1.06 bits per heavy atom. The van der Waals surface area contributed by atoms with Crippen molar-refractivity contribution in [3.8, 4) is 10.9 Å². The van der Waals surface area contributed by atoms with E-state index < -0.39 is 17.6 Å². The Labute approximate surface area is 192 Å². The molecule has 3 aromatic carbocycles. The summed E-state index contributed by atoms with van der Waals surface area (Å²) in [7, 11) is 0. The number of benzene rings is 3. The van der Waals surface area contributed by atoms with Gasteiger partial charge in [-0.1, -0.05) is 53.3 Å². The van der Waals surface area contributed by atoms with Crippen LogP contribution in [0, 0.1) is 0 Å². The zero-order valence-corrected chi connectivity index (χ0v) is 18.3. The number of fused-ring (bicyclic) bond motifs is 1. The monoisotopic (exact) mass is 465 g/mol. The lowest BCUT2D eigenvalue weighted by molar-refractivity contribution is -0.135. The van der Waals surface area contributed by atoms with Gasteiger partial charge in [0, 0.05) is 10.6 Å². The van der Waals surface area contributed by atoms with Crippen molar-refractivity contribution < 1.29 is 19.1 Å². The second-order valence-corrected chi connectivity index (χ2v) is 8.67. The van der Waals surface area contributed by atoms with Crippen molar-refractivity contribution in [2.24, 2.45) is 0 Å². The molecule has 160 valence electrons. The molecule has 1 fully saturated rings. The van der Waals surface area contributed by atoms with Crippen LogP contribution in [0.25, 0.3) is 10.2 Å². The van der Waals surface area contributed by atoms with Crippen LogP contribution in [-0.2, 0) is 15.1 Å². The van der Waals surface area contributed by atoms with Crippen molar-refractivity contribution in [2.45, 2.75) is 12.5 Å². The first-order valence-corrected chi connectivity index (χ1v) is 10.9. The molecule has 1 saturated heterocycles. The number of hydrogen-bond acceptors (Lipinski definition) is 7. The minimum absolute atomic E-state index is 0.475. The van der Waals surface area contributed by atoms with Gasteiger partial charge in [0.2, 0.25) is 5.60 Å². The molecule has 1 aliphatic heterocycles. The van der Waals surface area contributed by atoms with Gasteiger partial charge in [0.15, 0.2) is 0 Å². The fraction of sp³-hybridized carbons (Fsp3) is 0.0870. The number of hydrazine groups is 1. The van der Waals surface area contributed by atoms with Crippen LogP contribution in [-0.4, -0.2) is 22.0 Å². The van der Waals surface area contributed by atoms with Gasteiger partial charge in [-0.2, -0.15) is 0 Å². The Balaban J connectivity index is 1.34. The van der Waals surface area contributed by atoms with Crippen molar-refractivity contribution in [1.82, 2.24) is 9.99 Å². The number of rotatable bonds is 5. The number of hydrogen-bond donors (Lipinski definition) is 1. The molecule has 4 aromatic rings. The van der Waals surface area contributed by atoms with E-state index in [0.717, 1.165) is 15.2 Å². The van der Waals surface area contributed by atoms with Crippen LogP contribution in [0.15, 0.2) is 72.8 Å². The van der Waals surface area contributed by atoms with Gasteiger partial charge in [-0.15, -0.1) is 5.01 Å². The van der Waals surface area contributed by atoms with E-state index in [2.05, 4.69) is 10.4 Å². The van der Waals surface area contributed by atoms with E-state index in [1.54, 1.807) is 61.5 Å². The van der Waals surface area contributed by atoms with Crippen LogP contribution in [0.3, 0.4) is 0 Å². The van der Waals surface area contributed by atoms with E-state index in [0.29, 0.717) is 27.2 Å². The summed E-state index contributed by atoms with van der Waals surface area (Å²) in [5, 5.41) is 1.99. The average molecular weight is 466 g/mol. The first kappa shape index (κ1) is 20.3. The number of anilines is 1. The minimum atomic E-state index is -1.45. The number of aromatic nitrogens is 1. The molecular formula is C23H16ClN3O4S. The number of nitrogens with one attached hydrogen (secondary N) is 1. The third-order valence-electron chi connectivity index (χ3n) is 5.04. The summed E-state index contributed by atoms with van der Waals surface area (Å²) in [6.45, 7) is 1.56. The molecule has 0 radical (unpaired) electrons. The van der Waals surface area contributed by atoms with Gasteiger partial charge in [0.05, 0.1) is 15.9 Å². The summed E-state index contributed by atoms with van der Waals surface area (Å²) in [6, 6.07) is 21.2. The fourth-order valence-corrected chi connectivity index (χ4v) is 4.45. The molecule has 1 aliphatic rings. The van der Waals surface area contributed by atoms with Crippen LogP contribution < -0.4 is 10.2 Å². The maximum absolute atomic E-state index is 13.0. The zero-order chi connectivity index (χ0) is 22.3.